The maximum absolute atomic E-state index is 12.9. The molecule has 3 aromatic heterocycles. The van der Waals surface area contributed by atoms with E-state index < -0.39 is 0 Å². The van der Waals surface area contributed by atoms with Gasteiger partial charge in [-0.2, -0.15) is 0 Å². The Morgan fingerprint density at radius 3 is 2.70 bits per heavy atom. The van der Waals surface area contributed by atoms with Gasteiger partial charge in [-0.1, -0.05) is 6.07 Å². The van der Waals surface area contributed by atoms with Gasteiger partial charge in [0.05, 0.1) is 30.1 Å². The number of carbonyl (C=O) groups excluding carboxylic acids is 1. The Labute approximate surface area is 138 Å². The maximum atomic E-state index is 12.9. The minimum Gasteiger partial charge on any atom is -0.467 e. The lowest BCUT2D eigenvalue weighted by molar-refractivity contribution is 0.0709. The van der Waals surface area contributed by atoms with E-state index in [1.807, 2.05) is 44.2 Å². The summed E-state index contributed by atoms with van der Waals surface area (Å²) in [6.45, 7) is 4.63. The Morgan fingerprint density at radius 1 is 1.22 bits per heavy atom. The summed E-state index contributed by atoms with van der Waals surface area (Å²) in [6, 6.07) is 9.35. The van der Waals surface area contributed by atoms with Crippen LogP contribution in [0.5, 0.6) is 0 Å². The predicted molar refractivity (Wildman–Crippen MR) is 88.1 cm³/mol. The van der Waals surface area contributed by atoms with Gasteiger partial charge in [-0.15, -0.1) is 11.3 Å². The first-order valence-corrected chi connectivity index (χ1v) is 8.10. The minimum atomic E-state index is -0.103. The van der Waals surface area contributed by atoms with Gasteiger partial charge in [0.15, 0.2) is 0 Å². The Hall–Kier alpha value is -2.47. The molecule has 6 heteroatoms. The molecular weight excluding hydrogens is 310 g/mol. The number of pyridine rings is 1. The topological polar surface area (TPSA) is 59.2 Å². The second kappa shape index (κ2) is 6.75. The third-order valence-electron chi connectivity index (χ3n) is 3.40. The largest absolute Gasteiger partial charge is 0.467 e. The molecule has 0 fully saturated rings. The summed E-state index contributed by atoms with van der Waals surface area (Å²) in [6.07, 6.45) is 3.33. The number of hydrogen-bond acceptors (Lipinski definition) is 5. The van der Waals surface area contributed by atoms with Gasteiger partial charge in [0.25, 0.3) is 5.91 Å². The number of hydrogen-bond donors (Lipinski definition) is 0. The van der Waals surface area contributed by atoms with Crippen LogP contribution in [0.15, 0.2) is 47.2 Å². The summed E-state index contributed by atoms with van der Waals surface area (Å²) in [5.41, 5.74) is 1.34. The monoisotopic (exact) mass is 327 g/mol. The molecule has 0 atom stereocenters. The van der Waals surface area contributed by atoms with Crippen LogP contribution >= 0.6 is 11.3 Å². The third kappa shape index (κ3) is 3.65. The van der Waals surface area contributed by atoms with Crippen LogP contribution in [-0.4, -0.2) is 20.8 Å². The lowest BCUT2D eigenvalue weighted by atomic mass is 10.2. The number of thiazole rings is 1. The van der Waals surface area contributed by atoms with Gasteiger partial charge in [-0.05, 0) is 38.1 Å². The number of furan rings is 1. The molecule has 5 nitrogen and oxygen atoms in total. The van der Waals surface area contributed by atoms with Crippen LogP contribution < -0.4 is 0 Å². The van der Waals surface area contributed by atoms with Crippen LogP contribution in [0.25, 0.3) is 0 Å². The standard InChI is InChI=1S/C17H17N3O2S/c1-12-16(19-13(2)23-12)17(21)20(11-15-7-5-9-22-15)10-14-6-3-4-8-18-14/h3-9H,10-11H2,1-2H3. The van der Waals surface area contributed by atoms with Crippen molar-refractivity contribution in [2.45, 2.75) is 26.9 Å². The molecule has 0 unspecified atom stereocenters. The number of nitrogens with zero attached hydrogens (tertiary/aromatic N) is 3. The Balaban J connectivity index is 1.87. The molecular formula is C17H17N3O2S. The normalized spacial score (nSPS) is 10.7. The molecule has 0 radical (unpaired) electrons. The molecule has 0 aromatic carbocycles. The fourth-order valence-electron chi connectivity index (χ4n) is 2.35. The zero-order valence-corrected chi connectivity index (χ0v) is 13.8. The van der Waals surface area contributed by atoms with Gasteiger partial charge in [-0.3, -0.25) is 9.78 Å². The van der Waals surface area contributed by atoms with Crippen LogP contribution in [0.4, 0.5) is 0 Å². The van der Waals surface area contributed by atoms with Gasteiger partial charge in [-0.25, -0.2) is 4.98 Å². The van der Waals surface area contributed by atoms with Crippen LogP contribution in [0.3, 0.4) is 0 Å². The van der Waals surface area contributed by atoms with Crippen molar-refractivity contribution in [1.29, 1.82) is 0 Å². The summed E-state index contributed by atoms with van der Waals surface area (Å²) >= 11 is 1.53. The van der Waals surface area contributed by atoms with Crippen LogP contribution in [-0.2, 0) is 13.1 Å². The van der Waals surface area contributed by atoms with E-state index in [9.17, 15) is 4.79 Å². The maximum Gasteiger partial charge on any atom is 0.274 e. The number of aryl methyl sites for hydroxylation is 2. The number of amides is 1. The van der Waals surface area contributed by atoms with E-state index in [4.69, 9.17) is 4.42 Å². The molecule has 3 heterocycles. The number of aromatic nitrogens is 2. The average Bonchev–Trinajstić information content (AvgIpc) is 3.16. The van der Waals surface area contributed by atoms with Crippen molar-refractivity contribution < 1.29 is 9.21 Å². The molecule has 3 rings (SSSR count). The minimum absolute atomic E-state index is 0.103. The molecule has 1 amide bonds. The highest BCUT2D eigenvalue weighted by atomic mass is 32.1. The van der Waals surface area contributed by atoms with Crippen LogP contribution in [0.1, 0.15) is 31.8 Å². The van der Waals surface area contributed by atoms with Crippen molar-refractivity contribution in [3.8, 4) is 0 Å². The van der Waals surface area contributed by atoms with E-state index in [1.54, 1.807) is 17.4 Å². The first-order valence-electron chi connectivity index (χ1n) is 7.29. The van der Waals surface area contributed by atoms with Crippen molar-refractivity contribution in [3.05, 3.63) is 69.8 Å². The summed E-state index contributed by atoms with van der Waals surface area (Å²) in [5, 5.41) is 0.890. The van der Waals surface area contributed by atoms with Crippen molar-refractivity contribution in [3.63, 3.8) is 0 Å². The number of carbonyl (C=O) groups is 1. The summed E-state index contributed by atoms with van der Waals surface area (Å²) < 4.78 is 5.39. The van der Waals surface area contributed by atoms with Crippen molar-refractivity contribution in [2.75, 3.05) is 0 Å². The molecule has 0 aliphatic heterocycles. The molecule has 3 aromatic rings. The van der Waals surface area contributed by atoms with E-state index in [2.05, 4.69) is 9.97 Å². The van der Waals surface area contributed by atoms with Crippen LogP contribution in [0.2, 0.25) is 0 Å². The van der Waals surface area contributed by atoms with Gasteiger partial charge in [0, 0.05) is 11.1 Å². The highest BCUT2D eigenvalue weighted by Crippen LogP contribution is 2.20. The zero-order valence-electron chi connectivity index (χ0n) is 13.0. The summed E-state index contributed by atoms with van der Waals surface area (Å²) in [5.74, 6) is 0.632. The molecule has 118 valence electrons. The Morgan fingerprint density at radius 2 is 2.09 bits per heavy atom. The summed E-state index contributed by atoms with van der Waals surface area (Å²) in [4.78, 5) is 24.2. The SMILES string of the molecule is Cc1nc(C(=O)N(Cc2ccccn2)Cc2ccco2)c(C)s1. The smallest absolute Gasteiger partial charge is 0.274 e. The van der Waals surface area contributed by atoms with E-state index in [1.165, 1.54) is 11.3 Å². The Bertz CT molecular complexity index is 782. The van der Waals surface area contributed by atoms with Crippen molar-refractivity contribution >= 4 is 17.2 Å². The van der Waals surface area contributed by atoms with Gasteiger partial charge >= 0.3 is 0 Å². The molecule has 0 spiro atoms. The fraction of sp³-hybridized carbons (Fsp3) is 0.235. The average molecular weight is 327 g/mol. The van der Waals surface area contributed by atoms with Gasteiger partial charge in [0.1, 0.15) is 11.5 Å². The quantitative estimate of drug-likeness (QED) is 0.718. The molecule has 0 aliphatic carbocycles. The predicted octanol–water partition coefficient (Wildman–Crippen LogP) is 3.59. The van der Waals surface area contributed by atoms with Gasteiger partial charge in [0.2, 0.25) is 0 Å². The second-order valence-electron chi connectivity index (χ2n) is 5.20. The fourth-order valence-corrected chi connectivity index (χ4v) is 3.16. The van der Waals surface area contributed by atoms with E-state index in [0.717, 1.165) is 21.3 Å². The zero-order chi connectivity index (χ0) is 16.2. The molecule has 0 aliphatic rings. The first-order chi connectivity index (χ1) is 11.1. The lowest BCUT2D eigenvalue weighted by Crippen LogP contribution is -2.31. The van der Waals surface area contributed by atoms with E-state index in [0.29, 0.717) is 18.8 Å². The van der Waals surface area contributed by atoms with Gasteiger partial charge < -0.3 is 9.32 Å². The molecule has 0 saturated carbocycles. The van der Waals surface area contributed by atoms with Crippen LogP contribution in [0, 0.1) is 13.8 Å². The van der Waals surface area contributed by atoms with Crippen molar-refractivity contribution in [1.82, 2.24) is 14.9 Å². The van der Waals surface area contributed by atoms with E-state index in [-0.39, 0.29) is 5.91 Å². The molecule has 0 bridgehead atoms. The highest BCUT2D eigenvalue weighted by Gasteiger charge is 2.22. The third-order valence-corrected chi connectivity index (χ3v) is 4.29. The molecule has 0 saturated heterocycles. The Kier molecular flexibility index (Phi) is 4.52. The molecule has 0 N–H and O–H groups in total. The second-order valence-corrected chi connectivity index (χ2v) is 6.61. The number of rotatable bonds is 5. The lowest BCUT2D eigenvalue weighted by Gasteiger charge is -2.20. The highest BCUT2D eigenvalue weighted by molar-refractivity contribution is 7.11. The molecule has 23 heavy (non-hydrogen) atoms. The summed E-state index contributed by atoms with van der Waals surface area (Å²) in [7, 11) is 0. The van der Waals surface area contributed by atoms with E-state index >= 15 is 0 Å². The first kappa shape index (κ1) is 15.4. The van der Waals surface area contributed by atoms with Crippen molar-refractivity contribution in [2.24, 2.45) is 0 Å².